The summed E-state index contributed by atoms with van der Waals surface area (Å²) in [6, 6.07) is 31.7. The van der Waals surface area contributed by atoms with Crippen molar-refractivity contribution in [3.63, 3.8) is 0 Å². The number of ether oxygens (including phenoxy) is 1. The van der Waals surface area contributed by atoms with E-state index >= 15 is 0 Å². The Labute approximate surface area is 137 Å². The van der Waals surface area contributed by atoms with Crippen molar-refractivity contribution in [1.29, 1.82) is 0 Å². The van der Waals surface area contributed by atoms with Gasteiger partial charge in [0.05, 0.1) is 6.10 Å². The van der Waals surface area contributed by atoms with Crippen LogP contribution >= 0.6 is 0 Å². The fourth-order valence-electron chi connectivity index (χ4n) is 3.16. The Morgan fingerprint density at radius 1 is 0.565 bits per heavy atom. The third kappa shape index (κ3) is 2.69. The molecular weight excluding hydrogens is 280 g/mol. The molecule has 1 aliphatic rings. The lowest BCUT2D eigenvalue weighted by atomic mass is 9.80. The van der Waals surface area contributed by atoms with Crippen molar-refractivity contribution in [2.75, 3.05) is 0 Å². The van der Waals surface area contributed by atoms with E-state index in [-0.39, 0.29) is 0 Å². The summed E-state index contributed by atoms with van der Waals surface area (Å²) >= 11 is 0. The predicted molar refractivity (Wildman–Crippen MR) is 93.3 cm³/mol. The monoisotopic (exact) mass is 300 g/mol. The zero-order valence-corrected chi connectivity index (χ0v) is 13.1. The molecule has 1 heteroatoms. The molecule has 0 atom stereocenters. The molecule has 0 unspecified atom stereocenters. The van der Waals surface area contributed by atoms with Crippen LogP contribution in [0, 0.1) is 0 Å². The summed E-state index contributed by atoms with van der Waals surface area (Å²) in [5.41, 5.74) is 3.02. The largest absolute Gasteiger partial charge is 0.358 e. The van der Waals surface area contributed by atoms with Gasteiger partial charge in [0.2, 0.25) is 0 Å². The molecule has 0 amide bonds. The summed E-state index contributed by atoms with van der Waals surface area (Å²) < 4.78 is 6.71. The van der Waals surface area contributed by atoms with Gasteiger partial charge in [-0.2, -0.15) is 0 Å². The van der Waals surface area contributed by atoms with E-state index in [0.717, 1.165) is 12.8 Å². The van der Waals surface area contributed by atoms with Gasteiger partial charge in [-0.3, -0.25) is 0 Å². The molecule has 1 fully saturated rings. The quantitative estimate of drug-likeness (QED) is 0.592. The third-order valence-electron chi connectivity index (χ3n) is 4.41. The highest BCUT2D eigenvalue weighted by Gasteiger charge is 2.42. The van der Waals surface area contributed by atoms with Crippen molar-refractivity contribution < 1.29 is 4.74 Å². The van der Waals surface area contributed by atoms with E-state index in [1.165, 1.54) is 16.7 Å². The van der Waals surface area contributed by atoms with E-state index in [2.05, 4.69) is 91.0 Å². The van der Waals surface area contributed by atoms with Gasteiger partial charge in [-0.25, -0.2) is 0 Å². The van der Waals surface area contributed by atoms with Gasteiger partial charge < -0.3 is 4.74 Å². The van der Waals surface area contributed by atoms with Gasteiger partial charge >= 0.3 is 0 Å². The Morgan fingerprint density at radius 3 is 1.22 bits per heavy atom. The fraction of sp³-hybridized carbons (Fsp3) is 0.182. The van der Waals surface area contributed by atoms with Crippen LogP contribution in [0.4, 0.5) is 0 Å². The minimum atomic E-state index is -0.537. The maximum Gasteiger partial charge on any atom is 0.144 e. The second-order valence-electron chi connectivity index (χ2n) is 6.10. The highest BCUT2D eigenvalue weighted by Crippen LogP contribution is 2.44. The van der Waals surface area contributed by atoms with Gasteiger partial charge in [-0.15, -0.1) is 0 Å². The van der Waals surface area contributed by atoms with Gasteiger partial charge in [0.25, 0.3) is 0 Å². The van der Waals surface area contributed by atoms with E-state index in [1.807, 2.05) is 0 Å². The van der Waals surface area contributed by atoms with Crippen molar-refractivity contribution >= 4 is 0 Å². The van der Waals surface area contributed by atoms with E-state index in [9.17, 15) is 0 Å². The van der Waals surface area contributed by atoms with E-state index in [0.29, 0.717) is 6.10 Å². The molecule has 3 aromatic carbocycles. The standard InChI is InChI=1S/C22H20O/c1-4-10-18(11-5-1)22(23-21-16-17-21,19-12-6-2-7-13-19)20-14-8-3-9-15-20/h1-15,21H,16-17H2. The lowest BCUT2D eigenvalue weighted by molar-refractivity contribution is -0.0000699. The van der Waals surface area contributed by atoms with Crippen LogP contribution in [0.1, 0.15) is 29.5 Å². The Kier molecular flexibility index (Phi) is 3.72. The van der Waals surface area contributed by atoms with Crippen LogP contribution in [-0.4, -0.2) is 6.10 Å². The Morgan fingerprint density at radius 2 is 0.913 bits per heavy atom. The predicted octanol–water partition coefficient (Wildman–Crippen LogP) is 5.16. The maximum atomic E-state index is 6.71. The molecule has 0 bridgehead atoms. The summed E-state index contributed by atoms with van der Waals surface area (Å²) in [4.78, 5) is 0. The molecule has 114 valence electrons. The van der Waals surface area contributed by atoms with E-state index in [4.69, 9.17) is 4.74 Å². The van der Waals surface area contributed by atoms with Gasteiger partial charge in [-0.05, 0) is 29.5 Å². The van der Waals surface area contributed by atoms with Crippen LogP contribution in [0.3, 0.4) is 0 Å². The molecule has 0 aliphatic heterocycles. The van der Waals surface area contributed by atoms with Crippen molar-refractivity contribution in [2.24, 2.45) is 0 Å². The molecule has 0 heterocycles. The Bertz CT molecular complexity index is 649. The molecule has 4 rings (SSSR count). The molecule has 23 heavy (non-hydrogen) atoms. The minimum Gasteiger partial charge on any atom is -0.358 e. The molecule has 0 radical (unpaired) electrons. The molecule has 0 N–H and O–H groups in total. The van der Waals surface area contributed by atoms with Gasteiger partial charge in [-0.1, -0.05) is 91.0 Å². The molecular formula is C22H20O. The first-order valence-electron chi connectivity index (χ1n) is 8.24. The van der Waals surface area contributed by atoms with Crippen molar-refractivity contribution in [3.05, 3.63) is 108 Å². The number of rotatable bonds is 5. The zero-order chi connectivity index (χ0) is 15.5. The highest BCUT2D eigenvalue weighted by molar-refractivity contribution is 5.47. The first-order valence-corrected chi connectivity index (χ1v) is 8.24. The van der Waals surface area contributed by atoms with Crippen LogP contribution < -0.4 is 0 Å². The van der Waals surface area contributed by atoms with Crippen LogP contribution in [0.5, 0.6) is 0 Å². The Hall–Kier alpha value is -2.38. The van der Waals surface area contributed by atoms with Gasteiger partial charge in [0.15, 0.2) is 0 Å². The first-order chi connectivity index (χ1) is 11.4. The van der Waals surface area contributed by atoms with Gasteiger partial charge in [0.1, 0.15) is 5.60 Å². The summed E-state index contributed by atoms with van der Waals surface area (Å²) in [5, 5.41) is 0. The van der Waals surface area contributed by atoms with Crippen molar-refractivity contribution in [3.8, 4) is 0 Å². The second-order valence-corrected chi connectivity index (χ2v) is 6.10. The molecule has 0 aromatic heterocycles. The smallest absolute Gasteiger partial charge is 0.144 e. The van der Waals surface area contributed by atoms with Crippen molar-refractivity contribution in [2.45, 2.75) is 24.5 Å². The van der Waals surface area contributed by atoms with Crippen LogP contribution in [0.2, 0.25) is 0 Å². The number of benzene rings is 3. The number of hydrogen-bond donors (Lipinski definition) is 0. The van der Waals surface area contributed by atoms with Crippen LogP contribution in [-0.2, 0) is 10.3 Å². The second kappa shape index (κ2) is 6.02. The Balaban J connectivity index is 1.97. The minimum absolute atomic E-state index is 0.343. The molecule has 0 saturated heterocycles. The topological polar surface area (TPSA) is 9.23 Å². The van der Waals surface area contributed by atoms with Crippen LogP contribution in [0.15, 0.2) is 91.0 Å². The lowest BCUT2D eigenvalue weighted by Crippen LogP contribution is -2.33. The summed E-state index contributed by atoms with van der Waals surface area (Å²) in [7, 11) is 0. The fourth-order valence-corrected chi connectivity index (χ4v) is 3.16. The van der Waals surface area contributed by atoms with Gasteiger partial charge in [0, 0.05) is 0 Å². The average molecular weight is 300 g/mol. The van der Waals surface area contributed by atoms with Crippen molar-refractivity contribution in [1.82, 2.24) is 0 Å². The number of hydrogen-bond acceptors (Lipinski definition) is 1. The average Bonchev–Trinajstić information content (AvgIpc) is 3.46. The molecule has 1 saturated carbocycles. The van der Waals surface area contributed by atoms with E-state index < -0.39 is 5.60 Å². The SMILES string of the molecule is c1ccc(C(OC2CC2)(c2ccccc2)c2ccccc2)cc1. The first kappa shape index (κ1) is 14.2. The highest BCUT2D eigenvalue weighted by atomic mass is 16.5. The zero-order valence-electron chi connectivity index (χ0n) is 13.1. The lowest BCUT2D eigenvalue weighted by Gasteiger charge is -2.36. The van der Waals surface area contributed by atoms with E-state index in [1.54, 1.807) is 0 Å². The molecule has 3 aromatic rings. The summed E-state index contributed by atoms with van der Waals surface area (Å²) in [6.45, 7) is 0. The molecule has 0 spiro atoms. The summed E-state index contributed by atoms with van der Waals surface area (Å²) in [6.07, 6.45) is 2.64. The third-order valence-corrected chi connectivity index (χ3v) is 4.41. The normalized spacial score (nSPS) is 14.6. The summed E-state index contributed by atoms with van der Waals surface area (Å²) in [5.74, 6) is 0. The molecule has 1 aliphatic carbocycles. The molecule has 1 nitrogen and oxygen atoms in total. The van der Waals surface area contributed by atoms with Crippen LogP contribution in [0.25, 0.3) is 0 Å². The maximum absolute atomic E-state index is 6.71.